The zero-order chi connectivity index (χ0) is 29.0. The van der Waals surface area contributed by atoms with Crippen LogP contribution < -0.4 is 21.3 Å². The number of anilines is 1. The van der Waals surface area contributed by atoms with Crippen LogP contribution in [0.3, 0.4) is 0 Å². The number of carboxylic acids is 1. The van der Waals surface area contributed by atoms with Crippen LogP contribution in [0.5, 0.6) is 0 Å². The highest BCUT2D eigenvalue weighted by atomic mass is 127. The van der Waals surface area contributed by atoms with Crippen molar-refractivity contribution in [2.75, 3.05) is 25.0 Å². The summed E-state index contributed by atoms with van der Waals surface area (Å²) in [5, 5.41) is 26.9. The number of aliphatic imine (C=N–C) groups is 1. The molecule has 0 saturated carbocycles. The van der Waals surface area contributed by atoms with E-state index in [-0.39, 0.29) is 27.8 Å². The Balaban J connectivity index is 1.47. The zero-order valence-electron chi connectivity index (χ0n) is 20.4. The van der Waals surface area contributed by atoms with Crippen molar-refractivity contribution in [3.05, 3.63) is 56.8 Å². The van der Waals surface area contributed by atoms with E-state index >= 15 is 0 Å². The summed E-state index contributed by atoms with van der Waals surface area (Å²) >= 11 is 1.67. The molecule has 1 aliphatic heterocycles. The number of halogens is 5. The number of carbonyl (C=O) groups is 3. The Morgan fingerprint density at radius 3 is 2.62 bits per heavy atom. The number of guanidine groups is 1. The van der Waals surface area contributed by atoms with Crippen molar-refractivity contribution >= 4 is 62.9 Å². The number of hydrogen-bond acceptors (Lipinski definition) is 7. The van der Waals surface area contributed by atoms with Gasteiger partial charge in [-0.25, -0.2) is 9.38 Å². The molecule has 11 nitrogen and oxygen atoms in total. The maximum atomic E-state index is 13.3. The predicted molar refractivity (Wildman–Crippen MR) is 145 cm³/mol. The molecular formula is C24H22F4IN7O4. The van der Waals surface area contributed by atoms with Crippen molar-refractivity contribution in [3.63, 3.8) is 0 Å². The van der Waals surface area contributed by atoms with Crippen LogP contribution in [-0.2, 0) is 15.8 Å². The molecule has 0 radical (unpaired) electrons. The number of aliphatic carboxylic acids is 1. The van der Waals surface area contributed by atoms with Gasteiger partial charge in [-0.15, -0.1) is 0 Å². The Kier molecular flexibility index (Phi) is 8.75. The van der Waals surface area contributed by atoms with Crippen LogP contribution in [0.25, 0.3) is 10.9 Å². The maximum Gasteiger partial charge on any atom is 0.416 e. The highest BCUT2D eigenvalue weighted by Crippen LogP contribution is 2.33. The standard InChI is InChI=1S/C24H22F4IN7O4/c25-13-7-31-23(32-8-13)34-15-4-16(17-9-33-36-19(17)5-15)22(40)30-10-20(37)35-18(6-21(38)39)11-1-12(24(26,27)28)3-14(29)2-11/h1-5,9,13,18H,6-8,10H2,(H,30,40)(H,33,36)(H,35,37)(H,38,39)(H2,31,32,34). The Hall–Kier alpha value is -3.96. The first-order valence-corrected chi connectivity index (χ1v) is 12.8. The molecule has 16 heteroatoms. The van der Waals surface area contributed by atoms with Crippen LogP contribution >= 0.6 is 22.6 Å². The minimum Gasteiger partial charge on any atom is -0.481 e. The van der Waals surface area contributed by atoms with Gasteiger partial charge >= 0.3 is 12.1 Å². The number of carbonyl (C=O) groups excluding carboxylic acids is 2. The third-order valence-electron chi connectivity index (χ3n) is 5.78. The summed E-state index contributed by atoms with van der Waals surface area (Å²) in [6.45, 7) is -0.538. The molecule has 212 valence electrons. The minimum absolute atomic E-state index is 0.0212. The largest absolute Gasteiger partial charge is 0.481 e. The Labute approximate surface area is 237 Å². The van der Waals surface area contributed by atoms with Gasteiger partial charge in [0.2, 0.25) is 5.91 Å². The first kappa shape index (κ1) is 29.0. The van der Waals surface area contributed by atoms with E-state index < -0.39 is 54.7 Å². The normalized spacial score (nSPS) is 16.0. The Bertz CT molecular complexity index is 1480. The van der Waals surface area contributed by atoms with Crippen molar-refractivity contribution in [2.24, 2.45) is 4.99 Å². The maximum absolute atomic E-state index is 13.3. The highest BCUT2D eigenvalue weighted by Gasteiger charge is 2.32. The van der Waals surface area contributed by atoms with Crippen LogP contribution in [0.2, 0.25) is 0 Å². The average molecular weight is 675 g/mol. The van der Waals surface area contributed by atoms with Gasteiger partial charge in [0, 0.05) is 14.6 Å². The molecular weight excluding hydrogens is 653 g/mol. The molecule has 0 fully saturated rings. The van der Waals surface area contributed by atoms with E-state index in [0.29, 0.717) is 22.5 Å². The van der Waals surface area contributed by atoms with Crippen molar-refractivity contribution in [1.29, 1.82) is 0 Å². The smallest absolute Gasteiger partial charge is 0.416 e. The van der Waals surface area contributed by atoms with Gasteiger partial charge in [0.1, 0.15) is 6.17 Å². The predicted octanol–water partition coefficient (Wildman–Crippen LogP) is 2.96. The van der Waals surface area contributed by atoms with E-state index in [9.17, 15) is 37.1 Å². The van der Waals surface area contributed by atoms with Crippen molar-refractivity contribution in [3.8, 4) is 0 Å². The third kappa shape index (κ3) is 7.36. The Morgan fingerprint density at radius 1 is 1.18 bits per heavy atom. The monoisotopic (exact) mass is 675 g/mol. The van der Waals surface area contributed by atoms with Crippen LogP contribution in [0.1, 0.15) is 33.9 Å². The van der Waals surface area contributed by atoms with E-state index in [2.05, 4.69) is 36.5 Å². The van der Waals surface area contributed by atoms with E-state index in [1.54, 1.807) is 28.7 Å². The van der Waals surface area contributed by atoms with Crippen molar-refractivity contribution in [2.45, 2.75) is 24.8 Å². The number of hydrogen-bond donors (Lipinski definition) is 6. The lowest BCUT2D eigenvalue weighted by atomic mass is 10.0. The van der Waals surface area contributed by atoms with E-state index in [1.165, 1.54) is 18.3 Å². The van der Waals surface area contributed by atoms with Gasteiger partial charge in [0.25, 0.3) is 5.91 Å². The van der Waals surface area contributed by atoms with Crippen LogP contribution in [0.15, 0.2) is 41.5 Å². The third-order valence-corrected chi connectivity index (χ3v) is 6.40. The summed E-state index contributed by atoms with van der Waals surface area (Å²) in [7, 11) is 0. The molecule has 0 spiro atoms. The molecule has 2 aromatic carbocycles. The van der Waals surface area contributed by atoms with Crippen LogP contribution in [-0.4, -0.2) is 64.9 Å². The molecule has 40 heavy (non-hydrogen) atoms. The number of amides is 2. The topological polar surface area (TPSA) is 161 Å². The molecule has 1 aliphatic rings. The summed E-state index contributed by atoms with van der Waals surface area (Å²) in [6.07, 6.45) is -5.04. The number of alkyl halides is 4. The second kappa shape index (κ2) is 12.1. The summed E-state index contributed by atoms with van der Waals surface area (Å²) in [5.74, 6) is -2.51. The first-order chi connectivity index (χ1) is 18.9. The van der Waals surface area contributed by atoms with E-state index in [1.807, 2.05) is 0 Å². The lowest BCUT2D eigenvalue weighted by Gasteiger charge is -2.20. The molecule has 6 N–H and O–H groups in total. The number of H-pyrrole nitrogens is 1. The second-order valence-electron chi connectivity index (χ2n) is 8.82. The molecule has 2 atom stereocenters. The number of rotatable bonds is 8. The van der Waals surface area contributed by atoms with Crippen LogP contribution in [0, 0.1) is 3.57 Å². The molecule has 2 amide bonds. The lowest BCUT2D eigenvalue weighted by molar-refractivity contribution is -0.138. The van der Waals surface area contributed by atoms with Gasteiger partial charge in [-0.05, 0) is 58.5 Å². The summed E-state index contributed by atoms with van der Waals surface area (Å²) in [4.78, 5) is 41.1. The number of carboxylic acid groups (broad SMARTS) is 1. The molecule has 4 rings (SSSR count). The van der Waals surface area contributed by atoms with E-state index in [0.717, 1.165) is 12.1 Å². The molecule has 2 heterocycles. The molecule has 2 unspecified atom stereocenters. The summed E-state index contributed by atoms with van der Waals surface area (Å²) in [5.41, 5.74) is 0.0221. The second-order valence-corrected chi connectivity index (χ2v) is 10.1. The highest BCUT2D eigenvalue weighted by molar-refractivity contribution is 14.1. The summed E-state index contributed by atoms with van der Waals surface area (Å²) in [6, 6.07) is 4.88. The molecule has 3 aromatic rings. The fourth-order valence-electron chi connectivity index (χ4n) is 3.96. The van der Waals surface area contributed by atoms with Crippen molar-refractivity contribution in [1.82, 2.24) is 26.1 Å². The molecule has 0 aliphatic carbocycles. The zero-order valence-corrected chi connectivity index (χ0v) is 22.6. The Morgan fingerprint density at radius 2 is 1.95 bits per heavy atom. The SMILES string of the molecule is O=C(O)CC(NC(=O)CNC(=O)c1cc(NC2=NCC(F)CN2)cc2[nH]ncc12)c1cc(I)cc(C(F)(F)F)c1. The van der Waals surface area contributed by atoms with Gasteiger partial charge in [-0.2, -0.15) is 18.3 Å². The lowest BCUT2D eigenvalue weighted by Crippen LogP contribution is -2.41. The minimum atomic E-state index is -4.67. The first-order valence-electron chi connectivity index (χ1n) is 11.7. The van der Waals surface area contributed by atoms with Gasteiger partial charge in [0.15, 0.2) is 5.96 Å². The van der Waals surface area contributed by atoms with Crippen LogP contribution in [0.4, 0.5) is 23.2 Å². The fourth-order valence-corrected chi connectivity index (χ4v) is 4.65. The number of benzene rings is 2. The molecule has 0 bridgehead atoms. The number of nitrogens with zero attached hydrogens (tertiary/aromatic N) is 2. The van der Waals surface area contributed by atoms with Gasteiger partial charge in [-0.1, -0.05) is 0 Å². The van der Waals surface area contributed by atoms with Gasteiger partial charge in [0.05, 0.1) is 54.9 Å². The fraction of sp³-hybridized carbons (Fsp3) is 0.292. The number of nitrogens with one attached hydrogen (secondary N) is 5. The summed E-state index contributed by atoms with van der Waals surface area (Å²) < 4.78 is 53.4. The van der Waals surface area contributed by atoms with E-state index in [4.69, 9.17) is 0 Å². The number of fused-ring (bicyclic) bond motifs is 1. The quantitative estimate of drug-likeness (QED) is 0.158. The van der Waals surface area contributed by atoms with Gasteiger partial charge < -0.3 is 26.4 Å². The number of aromatic nitrogens is 2. The number of aromatic amines is 1. The average Bonchev–Trinajstić information content (AvgIpc) is 3.35. The van der Waals surface area contributed by atoms with Gasteiger partial charge in [-0.3, -0.25) is 19.5 Å². The van der Waals surface area contributed by atoms with Crippen molar-refractivity contribution < 1.29 is 37.1 Å². The molecule has 1 aromatic heterocycles. The molecule has 0 saturated heterocycles.